The number of nitrogens with zero attached hydrogens (tertiary/aromatic N) is 2. The summed E-state index contributed by atoms with van der Waals surface area (Å²) in [6, 6.07) is 9.53. The monoisotopic (exact) mass is 260 g/mol. The van der Waals surface area contributed by atoms with Gasteiger partial charge in [-0.05, 0) is 5.56 Å². The van der Waals surface area contributed by atoms with E-state index in [1.165, 1.54) is 0 Å². The van der Waals surface area contributed by atoms with E-state index in [2.05, 4.69) is 9.84 Å². The number of urea groups is 1. The molecule has 0 bridgehead atoms. The molecule has 1 rings (SSSR count). The van der Waals surface area contributed by atoms with Crippen molar-refractivity contribution in [2.75, 3.05) is 7.11 Å². The van der Waals surface area contributed by atoms with Crippen molar-refractivity contribution in [1.82, 2.24) is 5.43 Å². The van der Waals surface area contributed by atoms with Gasteiger partial charge in [-0.1, -0.05) is 30.3 Å². The molecule has 0 radical (unpaired) electrons. The van der Waals surface area contributed by atoms with Crippen LogP contribution < -0.4 is 11.2 Å². The zero-order valence-electron chi connectivity index (χ0n) is 10.2. The Hall–Kier alpha value is -2.88. The second kappa shape index (κ2) is 6.76. The summed E-state index contributed by atoms with van der Waals surface area (Å²) in [6.45, 7) is 0. The van der Waals surface area contributed by atoms with Crippen molar-refractivity contribution in [3.05, 3.63) is 35.9 Å². The van der Waals surface area contributed by atoms with Gasteiger partial charge in [-0.15, -0.1) is 0 Å². The van der Waals surface area contributed by atoms with Crippen LogP contribution in [0.15, 0.2) is 35.4 Å². The molecule has 2 amide bonds. The molecule has 0 saturated heterocycles. The highest BCUT2D eigenvalue weighted by atomic mass is 16.5. The molecule has 3 N–H and O–H groups in total. The number of primary amides is 1. The van der Waals surface area contributed by atoms with E-state index < -0.39 is 17.9 Å². The van der Waals surface area contributed by atoms with Crippen molar-refractivity contribution >= 4 is 17.7 Å². The molecule has 0 heterocycles. The summed E-state index contributed by atoms with van der Waals surface area (Å²) < 4.78 is 4.54. The number of hydrazone groups is 1. The lowest BCUT2D eigenvalue weighted by atomic mass is 9.95. The van der Waals surface area contributed by atoms with Gasteiger partial charge in [0.15, 0.2) is 5.71 Å². The summed E-state index contributed by atoms with van der Waals surface area (Å²) in [6.07, 6.45) is 0. The fourth-order valence-corrected chi connectivity index (χ4v) is 1.39. The summed E-state index contributed by atoms with van der Waals surface area (Å²) in [5, 5.41) is 12.7. The molecule has 0 aliphatic rings. The molecule has 0 aliphatic carbocycles. The van der Waals surface area contributed by atoms with E-state index in [1.807, 2.05) is 11.5 Å². The van der Waals surface area contributed by atoms with E-state index in [1.54, 1.807) is 30.3 Å². The minimum Gasteiger partial charge on any atom is -0.464 e. The Bertz CT molecular complexity index is 534. The number of rotatable bonds is 4. The zero-order chi connectivity index (χ0) is 14.3. The lowest BCUT2D eigenvalue weighted by Gasteiger charge is -2.10. The smallest absolute Gasteiger partial charge is 0.355 e. The van der Waals surface area contributed by atoms with Crippen LogP contribution in [0, 0.1) is 11.3 Å². The first kappa shape index (κ1) is 14.2. The zero-order valence-corrected chi connectivity index (χ0v) is 10.2. The van der Waals surface area contributed by atoms with Crippen LogP contribution in [-0.2, 0) is 9.53 Å². The van der Waals surface area contributed by atoms with Crippen molar-refractivity contribution in [3.63, 3.8) is 0 Å². The maximum atomic E-state index is 11.6. The van der Waals surface area contributed by atoms with Crippen LogP contribution >= 0.6 is 0 Å². The van der Waals surface area contributed by atoms with Crippen LogP contribution in [0.25, 0.3) is 0 Å². The average molecular weight is 260 g/mol. The molecular weight excluding hydrogens is 248 g/mol. The number of benzene rings is 1. The number of carbonyl (C=O) groups excluding carboxylic acids is 2. The SMILES string of the molecule is COC(=O)/C(=N\NC(N)=O)[C@H](C#N)c1ccccc1. The third-order valence-corrected chi connectivity index (χ3v) is 2.22. The highest BCUT2D eigenvalue weighted by Gasteiger charge is 2.25. The number of amides is 2. The quantitative estimate of drug-likeness (QED) is 0.465. The van der Waals surface area contributed by atoms with Gasteiger partial charge in [0.1, 0.15) is 5.92 Å². The third-order valence-electron chi connectivity index (χ3n) is 2.22. The molecule has 0 spiro atoms. The first-order chi connectivity index (χ1) is 9.10. The Morgan fingerprint density at radius 2 is 2.05 bits per heavy atom. The van der Waals surface area contributed by atoms with Gasteiger partial charge < -0.3 is 10.5 Å². The van der Waals surface area contributed by atoms with Crippen molar-refractivity contribution in [2.45, 2.75) is 5.92 Å². The fourth-order valence-electron chi connectivity index (χ4n) is 1.39. The number of hydrogen-bond acceptors (Lipinski definition) is 5. The number of nitrogens with two attached hydrogens (primary N) is 1. The number of esters is 1. The van der Waals surface area contributed by atoms with E-state index in [4.69, 9.17) is 5.73 Å². The maximum Gasteiger partial charge on any atom is 0.355 e. The fraction of sp³-hybridized carbons (Fsp3) is 0.167. The van der Waals surface area contributed by atoms with Crippen LogP contribution in [0.5, 0.6) is 0 Å². The van der Waals surface area contributed by atoms with Crippen LogP contribution in [0.3, 0.4) is 0 Å². The summed E-state index contributed by atoms with van der Waals surface area (Å²) in [4.78, 5) is 22.2. The minimum absolute atomic E-state index is 0.241. The summed E-state index contributed by atoms with van der Waals surface area (Å²) in [7, 11) is 1.15. The van der Waals surface area contributed by atoms with Crippen molar-refractivity contribution in [2.24, 2.45) is 10.8 Å². The van der Waals surface area contributed by atoms with Crippen LogP contribution in [0.1, 0.15) is 11.5 Å². The first-order valence-corrected chi connectivity index (χ1v) is 5.26. The molecule has 1 atom stereocenters. The Morgan fingerprint density at radius 1 is 1.42 bits per heavy atom. The number of ether oxygens (including phenoxy) is 1. The van der Waals surface area contributed by atoms with E-state index in [-0.39, 0.29) is 5.71 Å². The summed E-state index contributed by atoms with van der Waals surface area (Å²) in [5.74, 6) is -1.77. The predicted octanol–water partition coefficient (Wildman–Crippen LogP) is 0.491. The van der Waals surface area contributed by atoms with Crippen LogP contribution in [-0.4, -0.2) is 24.8 Å². The highest BCUT2D eigenvalue weighted by Crippen LogP contribution is 2.17. The van der Waals surface area contributed by atoms with Gasteiger partial charge in [-0.2, -0.15) is 10.4 Å². The van der Waals surface area contributed by atoms with Gasteiger partial charge >= 0.3 is 12.0 Å². The Morgan fingerprint density at radius 3 is 2.53 bits per heavy atom. The summed E-state index contributed by atoms with van der Waals surface area (Å²) >= 11 is 0. The number of methoxy groups -OCH3 is 1. The van der Waals surface area contributed by atoms with Gasteiger partial charge in [0.25, 0.3) is 0 Å². The molecule has 98 valence electrons. The summed E-state index contributed by atoms with van der Waals surface area (Å²) in [5.41, 5.74) is 7.11. The second-order valence-corrected chi connectivity index (χ2v) is 3.44. The van der Waals surface area contributed by atoms with Crippen molar-refractivity contribution in [1.29, 1.82) is 5.26 Å². The maximum absolute atomic E-state index is 11.6. The largest absolute Gasteiger partial charge is 0.464 e. The normalized spacial score (nSPS) is 12.1. The molecule has 7 heteroatoms. The lowest BCUT2D eigenvalue weighted by molar-refractivity contribution is -0.132. The molecule has 1 aromatic carbocycles. The minimum atomic E-state index is -0.958. The molecule has 0 saturated carbocycles. The van der Waals surface area contributed by atoms with Gasteiger partial charge in [0, 0.05) is 0 Å². The van der Waals surface area contributed by atoms with Crippen LogP contribution in [0.4, 0.5) is 4.79 Å². The highest BCUT2D eigenvalue weighted by molar-refractivity contribution is 6.39. The second-order valence-electron chi connectivity index (χ2n) is 3.44. The third kappa shape index (κ3) is 3.81. The lowest BCUT2D eigenvalue weighted by Crippen LogP contribution is -2.31. The molecule has 0 aliphatic heterocycles. The predicted molar refractivity (Wildman–Crippen MR) is 67.0 cm³/mol. The van der Waals surface area contributed by atoms with E-state index in [9.17, 15) is 14.9 Å². The molecule has 7 nitrogen and oxygen atoms in total. The standard InChI is InChI=1S/C12H12N4O3/c1-19-11(17)10(15-16-12(14)18)9(7-13)8-5-3-2-4-6-8/h2-6,9H,1H3,(H3,14,16,18)/b15-10-/t9-/m1/s1. The van der Waals surface area contributed by atoms with Crippen molar-refractivity contribution < 1.29 is 14.3 Å². The number of carbonyl (C=O) groups is 2. The molecular formula is C12H12N4O3. The van der Waals surface area contributed by atoms with Gasteiger partial charge in [0.05, 0.1) is 13.2 Å². The van der Waals surface area contributed by atoms with Crippen LogP contribution in [0.2, 0.25) is 0 Å². The molecule has 0 unspecified atom stereocenters. The van der Waals surface area contributed by atoms with Gasteiger partial charge in [-0.25, -0.2) is 15.0 Å². The molecule has 19 heavy (non-hydrogen) atoms. The van der Waals surface area contributed by atoms with Crippen molar-refractivity contribution in [3.8, 4) is 6.07 Å². The Labute approximate surface area is 109 Å². The number of hydrogen-bond donors (Lipinski definition) is 2. The average Bonchev–Trinajstić information content (AvgIpc) is 2.43. The molecule has 1 aromatic rings. The van der Waals surface area contributed by atoms with E-state index in [0.29, 0.717) is 5.56 Å². The van der Waals surface area contributed by atoms with Gasteiger partial charge in [0.2, 0.25) is 0 Å². The number of nitriles is 1. The first-order valence-electron chi connectivity index (χ1n) is 5.26. The molecule has 0 fully saturated rings. The Balaban J connectivity index is 3.15. The topological polar surface area (TPSA) is 118 Å². The van der Waals surface area contributed by atoms with E-state index in [0.717, 1.165) is 7.11 Å². The van der Waals surface area contributed by atoms with E-state index >= 15 is 0 Å². The number of nitrogens with one attached hydrogen (secondary N) is 1. The van der Waals surface area contributed by atoms with Gasteiger partial charge in [-0.3, -0.25) is 0 Å². The Kier molecular flexibility index (Phi) is 5.04. The molecule has 0 aromatic heterocycles.